The predicted octanol–water partition coefficient (Wildman–Crippen LogP) is 4.83. The first kappa shape index (κ1) is 29.2. The monoisotopic (exact) mass is 555 g/mol. The van der Waals surface area contributed by atoms with Gasteiger partial charge in [0.25, 0.3) is 10.0 Å². The lowest BCUT2D eigenvalue weighted by Gasteiger charge is -2.33. The van der Waals surface area contributed by atoms with Crippen LogP contribution < -0.4 is 9.62 Å². The quantitative estimate of drug-likeness (QED) is 0.347. The van der Waals surface area contributed by atoms with Gasteiger partial charge in [-0.1, -0.05) is 73.1 Å². The van der Waals surface area contributed by atoms with Crippen LogP contribution in [-0.4, -0.2) is 50.8 Å². The van der Waals surface area contributed by atoms with Crippen molar-refractivity contribution in [3.8, 4) is 0 Å². The smallest absolute Gasteiger partial charge is 0.264 e. The highest BCUT2D eigenvalue weighted by atomic mass is 35.5. The van der Waals surface area contributed by atoms with Gasteiger partial charge in [0.15, 0.2) is 0 Å². The van der Waals surface area contributed by atoms with E-state index in [0.717, 1.165) is 15.4 Å². The molecule has 0 aromatic heterocycles. The van der Waals surface area contributed by atoms with E-state index in [1.807, 2.05) is 51.1 Å². The summed E-state index contributed by atoms with van der Waals surface area (Å²) >= 11 is 6.35. The molecule has 202 valence electrons. The summed E-state index contributed by atoms with van der Waals surface area (Å²) in [5.41, 5.74) is 2.06. The highest BCUT2D eigenvalue weighted by molar-refractivity contribution is 7.92. The number of sulfonamides is 1. The molecule has 0 aliphatic rings. The summed E-state index contributed by atoms with van der Waals surface area (Å²) < 4.78 is 28.6. The summed E-state index contributed by atoms with van der Waals surface area (Å²) in [6.07, 6.45) is 0.901. The SMILES string of the molecule is CCNC(=O)[C@H](CC)N(CCc1ccccc1)C(=O)CN(c1ccc(C)c(Cl)c1)S(=O)(=O)c1ccccc1. The van der Waals surface area contributed by atoms with Gasteiger partial charge in [0.2, 0.25) is 11.8 Å². The number of carbonyl (C=O) groups excluding carboxylic acids is 2. The maximum atomic E-state index is 13.9. The zero-order chi connectivity index (χ0) is 27.7. The fourth-order valence-electron chi connectivity index (χ4n) is 4.17. The van der Waals surface area contributed by atoms with Crippen LogP contribution in [0, 0.1) is 6.92 Å². The number of anilines is 1. The standard InChI is InChI=1S/C29H34ClN3O4S/c1-4-27(29(35)31-5-2)32(19-18-23-12-8-6-9-13-23)28(34)21-33(24-17-16-22(3)26(30)20-24)38(36,37)25-14-10-7-11-15-25/h6-17,20,27H,4-5,18-19,21H2,1-3H3,(H,31,35)/t27-/m0/s1. The first-order valence-corrected chi connectivity index (χ1v) is 14.5. The second-order valence-corrected chi connectivity index (χ2v) is 11.2. The van der Waals surface area contributed by atoms with E-state index in [1.54, 1.807) is 36.4 Å². The van der Waals surface area contributed by atoms with Gasteiger partial charge < -0.3 is 10.2 Å². The van der Waals surface area contributed by atoms with Crippen LogP contribution >= 0.6 is 11.6 Å². The number of halogens is 1. The molecule has 2 amide bonds. The van der Waals surface area contributed by atoms with Crippen LogP contribution in [0.2, 0.25) is 5.02 Å². The van der Waals surface area contributed by atoms with Crippen LogP contribution in [-0.2, 0) is 26.0 Å². The summed E-state index contributed by atoms with van der Waals surface area (Å²) in [5, 5.41) is 3.19. The van der Waals surface area contributed by atoms with Crippen molar-refractivity contribution in [3.05, 3.63) is 95.0 Å². The molecule has 1 atom stereocenters. The Hall–Kier alpha value is -3.36. The normalized spacial score (nSPS) is 12.0. The average molecular weight is 556 g/mol. The third kappa shape index (κ3) is 7.14. The average Bonchev–Trinajstić information content (AvgIpc) is 2.92. The molecule has 0 radical (unpaired) electrons. The Labute approximate surface area is 230 Å². The zero-order valence-electron chi connectivity index (χ0n) is 21.9. The Morgan fingerprint density at radius 1 is 0.947 bits per heavy atom. The fourth-order valence-corrected chi connectivity index (χ4v) is 5.78. The third-order valence-corrected chi connectivity index (χ3v) is 8.47. The van der Waals surface area contributed by atoms with Gasteiger partial charge in [-0.2, -0.15) is 0 Å². The van der Waals surface area contributed by atoms with Crippen LogP contribution in [0.5, 0.6) is 0 Å². The maximum absolute atomic E-state index is 13.9. The van der Waals surface area contributed by atoms with Gasteiger partial charge in [-0.15, -0.1) is 0 Å². The molecule has 0 spiro atoms. The molecule has 0 aliphatic heterocycles. The fraction of sp³-hybridized carbons (Fsp3) is 0.310. The molecule has 1 N–H and O–H groups in total. The largest absolute Gasteiger partial charge is 0.355 e. The van der Waals surface area contributed by atoms with E-state index in [1.165, 1.54) is 17.0 Å². The van der Waals surface area contributed by atoms with Crippen LogP contribution in [0.4, 0.5) is 5.69 Å². The highest BCUT2D eigenvalue weighted by Gasteiger charge is 2.33. The van der Waals surface area contributed by atoms with Crippen LogP contribution in [0.15, 0.2) is 83.8 Å². The topological polar surface area (TPSA) is 86.8 Å². The van der Waals surface area contributed by atoms with Gasteiger partial charge in [-0.3, -0.25) is 13.9 Å². The number of carbonyl (C=O) groups is 2. The molecule has 38 heavy (non-hydrogen) atoms. The molecule has 0 bridgehead atoms. The van der Waals surface area contributed by atoms with E-state index in [0.29, 0.717) is 24.4 Å². The predicted molar refractivity (Wildman–Crippen MR) is 152 cm³/mol. The lowest BCUT2D eigenvalue weighted by atomic mass is 10.1. The third-order valence-electron chi connectivity index (χ3n) is 6.27. The Kier molecular flexibility index (Phi) is 10.3. The number of rotatable bonds is 12. The van der Waals surface area contributed by atoms with Crippen molar-refractivity contribution in [2.45, 2.75) is 44.6 Å². The zero-order valence-corrected chi connectivity index (χ0v) is 23.5. The van der Waals surface area contributed by atoms with Gasteiger partial charge in [-0.05, 0) is 62.1 Å². The molecule has 0 saturated heterocycles. The number of benzene rings is 3. The van der Waals surface area contributed by atoms with E-state index in [4.69, 9.17) is 11.6 Å². The number of nitrogens with zero attached hydrogens (tertiary/aromatic N) is 2. The molecule has 3 aromatic carbocycles. The number of hydrogen-bond donors (Lipinski definition) is 1. The molecule has 9 heteroatoms. The highest BCUT2D eigenvalue weighted by Crippen LogP contribution is 2.28. The van der Waals surface area contributed by atoms with Crippen molar-refractivity contribution < 1.29 is 18.0 Å². The van der Waals surface area contributed by atoms with Crippen LogP contribution in [0.1, 0.15) is 31.4 Å². The van der Waals surface area contributed by atoms with Gasteiger partial charge in [0, 0.05) is 18.1 Å². The van der Waals surface area contributed by atoms with E-state index in [2.05, 4.69) is 5.32 Å². The van der Waals surface area contributed by atoms with Crippen molar-refractivity contribution in [3.63, 3.8) is 0 Å². The van der Waals surface area contributed by atoms with E-state index in [-0.39, 0.29) is 23.0 Å². The number of aryl methyl sites for hydroxylation is 1. The molecule has 0 fully saturated rings. The van der Waals surface area contributed by atoms with Gasteiger partial charge in [0.1, 0.15) is 12.6 Å². The Morgan fingerprint density at radius 2 is 1.58 bits per heavy atom. The molecule has 0 aliphatic carbocycles. The summed E-state index contributed by atoms with van der Waals surface area (Å²) in [7, 11) is -4.12. The molecular formula is C29H34ClN3O4S. The van der Waals surface area contributed by atoms with Crippen LogP contribution in [0.3, 0.4) is 0 Å². The summed E-state index contributed by atoms with van der Waals surface area (Å²) in [6.45, 7) is 5.66. The van der Waals surface area contributed by atoms with E-state index < -0.39 is 28.5 Å². The minimum absolute atomic E-state index is 0.0519. The molecule has 0 saturated carbocycles. The van der Waals surface area contributed by atoms with Gasteiger partial charge in [-0.25, -0.2) is 8.42 Å². The van der Waals surface area contributed by atoms with Crippen molar-refractivity contribution in [2.24, 2.45) is 0 Å². The summed E-state index contributed by atoms with van der Waals surface area (Å²) in [6, 6.07) is 21.7. The number of nitrogens with one attached hydrogen (secondary N) is 1. The second kappa shape index (κ2) is 13.4. The van der Waals surface area contributed by atoms with Crippen LogP contribution in [0.25, 0.3) is 0 Å². The van der Waals surface area contributed by atoms with Gasteiger partial charge in [0.05, 0.1) is 10.6 Å². The van der Waals surface area contributed by atoms with Crippen molar-refractivity contribution in [2.75, 3.05) is 23.9 Å². The first-order chi connectivity index (χ1) is 18.2. The van der Waals surface area contributed by atoms with E-state index >= 15 is 0 Å². The lowest BCUT2D eigenvalue weighted by molar-refractivity contribution is -0.139. The van der Waals surface area contributed by atoms with E-state index in [9.17, 15) is 18.0 Å². The number of amides is 2. The Bertz CT molecular complexity index is 1330. The summed E-state index contributed by atoms with van der Waals surface area (Å²) in [5.74, 6) is -0.748. The molecule has 0 unspecified atom stereocenters. The maximum Gasteiger partial charge on any atom is 0.264 e. The lowest BCUT2D eigenvalue weighted by Crippen LogP contribution is -2.53. The Balaban J connectivity index is 2.01. The molecule has 7 nitrogen and oxygen atoms in total. The van der Waals surface area contributed by atoms with Crippen molar-refractivity contribution in [1.29, 1.82) is 0 Å². The van der Waals surface area contributed by atoms with Crippen molar-refractivity contribution in [1.82, 2.24) is 10.2 Å². The number of hydrogen-bond acceptors (Lipinski definition) is 4. The minimum Gasteiger partial charge on any atom is -0.355 e. The molecule has 0 heterocycles. The molecule has 3 rings (SSSR count). The number of likely N-dealkylation sites (N-methyl/N-ethyl adjacent to an activating group) is 1. The second-order valence-electron chi connectivity index (χ2n) is 8.90. The van der Waals surface area contributed by atoms with Crippen molar-refractivity contribution >= 4 is 39.1 Å². The first-order valence-electron chi connectivity index (χ1n) is 12.6. The molecule has 3 aromatic rings. The van der Waals surface area contributed by atoms with Gasteiger partial charge >= 0.3 is 0 Å². The Morgan fingerprint density at radius 3 is 2.16 bits per heavy atom. The minimum atomic E-state index is -4.12. The molecular weight excluding hydrogens is 522 g/mol. The summed E-state index contributed by atoms with van der Waals surface area (Å²) in [4.78, 5) is 28.4.